The molecule has 2 heteroatoms. The molecule has 58 heavy (non-hydrogen) atoms. The van der Waals surface area contributed by atoms with Crippen molar-refractivity contribution in [3.05, 3.63) is 216 Å². The Morgan fingerprint density at radius 1 is 0.379 bits per heavy atom. The van der Waals surface area contributed by atoms with Gasteiger partial charge in [0.1, 0.15) is 0 Å². The molecule has 0 fully saturated rings. The zero-order valence-corrected chi connectivity index (χ0v) is 33.4. The standard InChI is InChI=1S/C56H44N2/c1-55(2)47-26-13-12-24-45(47)46-32-31-41(36-50(46)55)57(40-20-6-5-7-21-40)52-34-30-38-18-9-11-23-44(38)54(52)58-51-28-15-14-27-48(51)56(3,4)49-33-29-39(35-53(49)58)43-25-16-19-37-17-8-10-22-42(37)43/h5-36H,1-4H3. The Labute approximate surface area is 341 Å². The summed E-state index contributed by atoms with van der Waals surface area (Å²) in [6.45, 7) is 9.49. The van der Waals surface area contributed by atoms with Crippen LogP contribution >= 0.6 is 0 Å². The predicted octanol–water partition coefficient (Wildman–Crippen LogP) is 15.5. The SMILES string of the molecule is CC1(C)c2ccccc2-c2ccc(N(c3ccccc3)c3ccc4ccccc4c3N3c4ccccc4C(C)(C)c4ccc(-c5cccc6ccccc56)cc43)cc21. The summed E-state index contributed by atoms with van der Waals surface area (Å²) in [7, 11) is 0. The zero-order chi connectivity index (χ0) is 39.2. The van der Waals surface area contributed by atoms with Crippen LogP contribution in [-0.2, 0) is 10.8 Å². The minimum atomic E-state index is -0.232. The molecule has 278 valence electrons. The lowest BCUT2D eigenvalue weighted by Crippen LogP contribution is -2.31. The summed E-state index contributed by atoms with van der Waals surface area (Å²) >= 11 is 0. The molecular weight excluding hydrogens is 701 g/mol. The van der Waals surface area contributed by atoms with Crippen LogP contribution < -0.4 is 9.80 Å². The van der Waals surface area contributed by atoms with Crippen molar-refractivity contribution >= 4 is 55.7 Å². The number of fused-ring (bicyclic) bond motifs is 7. The van der Waals surface area contributed by atoms with Gasteiger partial charge >= 0.3 is 0 Å². The monoisotopic (exact) mass is 744 g/mol. The molecular formula is C56H44N2. The number of benzene rings is 9. The van der Waals surface area contributed by atoms with E-state index in [0.29, 0.717) is 0 Å². The van der Waals surface area contributed by atoms with Crippen molar-refractivity contribution in [2.75, 3.05) is 9.80 Å². The second kappa shape index (κ2) is 12.8. The van der Waals surface area contributed by atoms with Crippen molar-refractivity contribution in [1.29, 1.82) is 0 Å². The molecule has 0 saturated carbocycles. The molecule has 0 amide bonds. The summed E-state index contributed by atoms with van der Waals surface area (Å²) < 4.78 is 0. The summed E-state index contributed by atoms with van der Waals surface area (Å²) in [5.74, 6) is 0. The van der Waals surface area contributed by atoms with Crippen molar-refractivity contribution in [3.63, 3.8) is 0 Å². The summed E-state index contributed by atoms with van der Waals surface area (Å²) in [4.78, 5) is 5.06. The maximum Gasteiger partial charge on any atom is 0.0781 e. The average Bonchev–Trinajstić information content (AvgIpc) is 3.49. The first-order chi connectivity index (χ1) is 28.3. The van der Waals surface area contributed by atoms with Crippen LogP contribution in [0.1, 0.15) is 49.9 Å². The fraction of sp³-hybridized carbons (Fsp3) is 0.107. The molecule has 1 aliphatic carbocycles. The number of rotatable bonds is 5. The predicted molar refractivity (Wildman–Crippen MR) is 246 cm³/mol. The summed E-state index contributed by atoms with van der Waals surface area (Å²) in [5, 5.41) is 4.91. The van der Waals surface area contributed by atoms with Gasteiger partial charge in [-0.1, -0.05) is 179 Å². The fourth-order valence-electron chi connectivity index (χ4n) is 10.1. The Morgan fingerprint density at radius 2 is 0.983 bits per heavy atom. The van der Waals surface area contributed by atoms with Crippen LogP contribution in [0.25, 0.3) is 43.8 Å². The van der Waals surface area contributed by atoms with E-state index in [2.05, 4.69) is 232 Å². The number of anilines is 6. The molecule has 1 heterocycles. The van der Waals surface area contributed by atoms with Gasteiger partial charge in [0.05, 0.1) is 22.7 Å². The minimum Gasteiger partial charge on any atom is -0.308 e. The molecule has 0 unspecified atom stereocenters. The molecule has 0 N–H and O–H groups in total. The van der Waals surface area contributed by atoms with Gasteiger partial charge < -0.3 is 9.80 Å². The first-order valence-electron chi connectivity index (χ1n) is 20.4. The maximum atomic E-state index is 2.57. The van der Waals surface area contributed by atoms with Crippen LogP contribution in [0, 0.1) is 0 Å². The van der Waals surface area contributed by atoms with Crippen molar-refractivity contribution in [1.82, 2.24) is 0 Å². The molecule has 9 aromatic carbocycles. The average molecular weight is 745 g/mol. The van der Waals surface area contributed by atoms with E-state index in [1.807, 2.05) is 0 Å². The van der Waals surface area contributed by atoms with Gasteiger partial charge in [-0.25, -0.2) is 0 Å². The van der Waals surface area contributed by atoms with E-state index in [1.165, 1.54) is 77.4 Å². The van der Waals surface area contributed by atoms with Gasteiger partial charge in [0.2, 0.25) is 0 Å². The maximum absolute atomic E-state index is 2.57. The van der Waals surface area contributed by atoms with E-state index in [0.717, 1.165) is 22.7 Å². The number of hydrogen-bond donors (Lipinski definition) is 0. The first kappa shape index (κ1) is 34.4. The Bertz CT molecular complexity index is 3080. The van der Waals surface area contributed by atoms with Gasteiger partial charge in [-0.05, 0) is 103 Å². The molecule has 0 aromatic heterocycles. The Morgan fingerprint density at radius 3 is 1.81 bits per heavy atom. The third kappa shape index (κ3) is 5.04. The van der Waals surface area contributed by atoms with E-state index >= 15 is 0 Å². The van der Waals surface area contributed by atoms with Gasteiger partial charge in [0.25, 0.3) is 0 Å². The number of para-hydroxylation sites is 2. The highest BCUT2D eigenvalue weighted by Gasteiger charge is 2.40. The highest BCUT2D eigenvalue weighted by atomic mass is 15.2. The van der Waals surface area contributed by atoms with Crippen LogP contribution in [0.3, 0.4) is 0 Å². The fourth-order valence-corrected chi connectivity index (χ4v) is 10.1. The van der Waals surface area contributed by atoms with E-state index in [1.54, 1.807) is 0 Å². The molecule has 1 aliphatic heterocycles. The molecule has 2 aliphatic rings. The second-order valence-electron chi connectivity index (χ2n) is 17.0. The van der Waals surface area contributed by atoms with Crippen LogP contribution in [0.2, 0.25) is 0 Å². The number of nitrogens with zero attached hydrogens (tertiary/aromatic N) is 2. The second-order valence-corrected chi connectivity index (χ2v) is 17.0. The van der Waals surface area contributed by atoms with Crippen molar-refractivity contribution in [2.45, 2.75) is 38.5 Å². The van der Waals surface area contributed by atoms with Crippen molar-refractivity contribution in [2.24, 2.45) is 0 Å². The Balaban J connectivity index is 1.21. The Hall–Kier alpha value is -6.90. The van der Waals surface area contributed by atoms with Crippen LogP contribution in [0.15, 0.2) is 194 Å². The smallest absolute Gasteiger partial charge is 0.0781 e. The molecule has 0 spiro atoms. The van der Waals surface area contributed by atoms with E-state index in [4.69, 9.17) is 0 Å². The lowest BCUT2D eigenvalue weighted by Gasteiger charge is -2.44. The van der Waals surface area contributed by atoms with Gasteiger partial charge in [-0.15, -0.1) is 0 Å². The van der Waals surface area contributed by atoms with E-state index in [9.17, 15) is 0 Å². The molecule has 9 aromatic rings. The van der Waals surface area contributed by atoms with Crippen molar-refractivity contribution < 1.29 is 0 Å². The van der Waals surface area contributed by atoms with Crippen LogP contribution in [0.4, 0.5) is 34.1 Å². The molecule has 0 atom stereocenters. The van der Waals surface area contributed by atoms with E-state index < -0.39 is 0 Å². The summed E-state index contributed by atoms with van der Waals surface area (Å²) in [6.07, 6.45) is 0. The highest BCUT2D eigenvalue weighted by Crippen LogP contribution is 2.58. The third-order valence-electron chi connectivity index (χ3n) is 13.0. The largest absolute Gasteiger partial charge is 0.308 e. The van der Waals surface area contributed by atoms with Crippen molar-refractivity contribution in [3.8, 4) is 22.3 Å². The Kier molecular flexibility index (Phi) is 7.59. The molecule has 0 radical (unpaired) electrons. The van der Waals surface area contributed by atoms with E-state index in [-0.39, 0.29) is 10.8 Å². The number of hydrogen-bond acceptors (Lipinski definition) is 2. The quantitative estimate of drug-likeness (QED) is 0.173. The minimum absolute atomic E-state index is 0.134. The lowest BCUT2D eigenvalue weighted by molar-refractivity contribution is 0.632. The molecule has 0 bridgehead atoms. The zero-order valence-electron chi connectivity index (χ0n) is 33.4. The van der Waals surface area contributed by atoms with Crippen LogP contribution in [0.5, 0.6) is 0 Å². The normalized spacial score (nSPS) is 14.4. The van der Waals surface area contributed by atoms with Gasteiger partial charge in [0, 0.05) is 27.6 Å². The summed E-state index contributed by atoms with van der Waals surface area (Å²) in [6, 6.07) is 72.0. The highest BCUT2D eigenvalue weighted by molar-refractivity contribution is 6.09. The van der Waals surface area contributed by atoms with Gasteiger partial charge in [-0.3, -0.25) is 0 Å². The molecule has 2 nitrogen and oxygen atoms in total. The third-order valence-corrected chi connectivity index (χ3v) is 13.0. The topological polar surface area (TPSA) is 6.48 Å². The van der Waals surface area contributed by atoms with Gasteiger partial charge in [-0.2, -0.15) is 0 Å². The molecule has 11 rings (SSSR count). The first-order valence-corrected chi connectivity index (χ1v) is 20.4. The van der Waals surface area contributed by atoms with Gasteiger partial charge in [0.15, 0.2) is 0 Å². The summed E-state index contributed by atoms with van der Waals surface area (Å²) in [5.41, 5.74) is 17.0. The molecule has 0 saturated heterocycles. The van der Waals surface area contributed by atoms with Crippen LogP contribution in [-0.4, -0.2) is 0 Å². The lowest BCUT2D eigenvalue weighted by atomic mass is 9.73.